The summed E-state index contributed by atoms with van der Waals surface area (Å²) in [5.41, 5.74) is 11.4. The number of halogens is 1. The van der Waals surface area contributed by atoms with E-state index in [0.717, 1.165) is 72.4 Å². The number of pyridine rings is 1. The van der Waals surface area contributed by atoms with Crippen LogP contribution in [0.1, 0.15) is 80.3 Å². The molecule has 0 spiro atoms. The molecule has 3 aliphatic rings. The molecular weight excluding hydrogens is 395 g/mol. The summed E-state index contributed by atoms with van der Waals surface area (Å²) in [5.74, 6) is 0.609. The predicted octanol–water partition coefficient (Wildman–Crippen LogP) is 7.72. The van der Waals surface area contributed by atoms with Crippen molar-refractivity contribution in [1.82, 2.24) is 9.88 Å². The van der Waals surface area contributed by atoms with E-state index in [1.807, 2.05) is 6.92 Å². The van der Waals surface area contributed by atoms with Gasteiger partial charge in [-0.2, -0.15) is 0 Å². The van der Waals surface area contributed by atoms with Gasteiger partial charge >= 0.3 is 0 Å². The van der Waals surface area contributed by atoms with Crippen molar-refractivity contribution in [1.29, 1.82) is 0 Å². The van der Waals surface area contributed by atoms with Crippen LogP contribution in [-0.4, -0.2) is 9.88 Å². The van der Waals surface area contributed by atoms with E-state index >= 15 is 0 Å². The third-order valence-corrected chi connectivity index (χ3v) is 7.85. The lowest BCUT2D eigenvalue weighted by Gasteiger charge is -2.32. The normalized spacial score (nSPS) is 20.4. The third kappa shape index (κ3) is 2.86. The lowest BCUT2D eigenvalue weighted by atomic mass is 9.79. The summed E-state index contributed by atoms with van der Waals surface area (Å²) in [6.07, 6.45) is 9.48. The Morgan fingerprint density at radius 1 is 1.31 bits per heavy atom. The first-order chi connectivity index (χ1) is 15.4. The maximum atomic E-state index is 14.8. The average Bonchev–Trinajstić information content (AvgIpc) is 3.14. The first-order valence-electron chi connectivity index (χ1n) is 12.1. The molecule has 1 aromatic heterocycles. The quantitative estimate of drug-likeness (QED) is 0.453. The van der Waals surface area contributed by atoms with Crippen LogP contribution in [0.4, 0.5) is 4.39 Å². The monoisotopic (exact) mass is 428 g/mol. The number of aromatic nitrogens is 1. The van der Waals surface area contributed by atoms with Crippen molar-refractivity contribution in [3.05, 3.63) is 82.0 Å². The first-order valence-corrected chi connectivity index (χ1v) is 12.1. The van der Waals surface area contributed by atoms with Gasteiger partial charge in [-0.1, -0.05) is 39.8 Å². The predicted molar refractivity (Wildman–Crippen MR) is 132 cm³/mol. The Morgan fingerprint density at radius 2 is 2.09 bits per heavy atom. The average molecular weight is 429 g/mol. The molecule has 0 saturated carbocycles. The van der Waals surface area contributed by atoms with E-state index in [0.29, 0.717) is 11.8 Å². The molecule has 3 heterocycles. The zero-order valence-electron chi connectivity index (χ0n) is 19.8. The maximum absolute atomic E-state index is 14.8. The Hall–Kier alpha value is -2.68. The summed E-state index contributed by atoms with van der Waals surface area (Å²) in [6, 6.07) is 1.65. The molecule has 0 amide bonds. The van der Waals surface area contributed by atoms with Crippen LogP contribution in [-0.2, 0) is 13.0 Å². The van der Waals surface area contributed by atoms with E-state index in [1.165, 1.54) is 27.7 Å². The SMILES string of the molecule is C=CC(CC)C1=C(CCC)C(=C)N2Cc3c(nc4cc(F)c(C)c5c4c3C(C)CC5)C2=C1. The van der Waals surface area contributed by atoms with Crippen molar-refractivity contribution >= 4 is 16.6 Å². The van der Waals surface area contributed by atoms with Gasteiger partial charge in [0.1, 0.15) is 5.82 Å². The van der Waals surface area contributed by atoms with Gasteiger partial charge in [-0.15, -0.1) is 6.58 Å². The van der Waals surface area contributed by atoms with Crippen molar-refractivity contribution in [2.45, 2.75) is 72.3 Å². The summed E-state index contributed by atoms with van der Waals surface area (Å²) in [7, 11) is 0. The highest BCUT2D eigenvalue weighted by Crippen LogP contribution is 2.49. The molecule has 32 heavy (non-hydrogen) atoms. The van der Waals surface area contributed by atoms with Gasteiger partial charge in [0.05, 0.1) is 23.5 Å². The van der Waals surface area contributed by atoms with E-state index in [2.05, 4.69) is 51.0 Å². The number of rotatable bonds is 5. The van der Waals surface area contributed by atoms with Crippen LogP contribution in [0.25, 0.3) is 16.6 Å². The molecular formula is C29H33FN2. The minimum absolute atomic E-state index is 0.138. The summed E-state index contributed by atoms with van der Waals surface area (Å²) >= 11 is 0. The van der Waals surface area contributed by atoms with Gasteiger partial charge in [0.15, 0.2) is 0 Å². The van der Waals surface area contributed by atoms with Gasteiger partial charge in [-0.05, 0) is 72.4 Å². The largest absolute Gasteiger partial charge is 0.335 e. The van der Waals surface area contributed by atoms with Gasteiger partial charge in [-0.25, -0.2) is 9.37 Å². The van der Waals surface area contributed by atoms with Crippen molar-refractivity contribution in [2.24, 2.45) is 5.92 Å². The number of nitrogens with zero attached hydrogens (tertiary/aromatic N) is 2. The van der Waals surface area contributed by atoms with Crippen LogP contribution in [0, 0.1) is 18.7 Å². The Morgan fingerprint density at radius 3 is 2.78 bits per heavy atom. The third-order valence-electron chi connectivity index (χ3n) is 7.85. The summed E-state index contributed by atoms with van der Waals surface area (Å²) in [5, 5.41) is 1.20. The van der Waals surface area contributed by atoms with Crippen molar-refractivity contribution in [3.8, 4) is 0 Å². The molecule has 1 aliphatic carbocycles. The minimum atomic E-state index is -0.138. The summed E-state index contributed by atoms with van der Waals surface area (Å²) in [4.78, 5) is 7.44. The molecule has 0 fully saturated rings. The second kappa shape index (κ2) is 7.72. The van der Waals surface area contributed by atoms with E-state index < -0.39 is 0 Å². The smallest absolute Gasteiger partial charge is 0.128 e. The van der Waals surface area contributed by atoms with E-state index in [9.17, 15) is 4.39 Å². The fourth-order valence-corrected chi connectivity index (χ4v) is 6.08. The molecule has 5 rings (SSSR count). The standard InChI is InChI=1S/C29H33FN2/c1-7-10-21-18(6)32-15-23-27-16(4)11-12-20-17(5)24(30)14-25(28(20)27)31-29(23)26(32)13-22(21)19(8-2)9-3/h8,13-14,16,19H,2,6-7,9-12,15H2,1,3-5H3. The summed E-state index contributed by atoms with van der Waals surface area (Å²) in [6.45, 7) is 18.1. The first kappa shape index (κ1) is 21.2. The van der Waals surface area contributed by atoms with Crippen molar-refractivity contribution in [3.63, 3.8) is 0 Å². The molecule has 0 radical (unpaired) electrons. The highest BCUT2D eigenvalue weighted by atomic mass is 19.1. The highest BCUT2D eigenvalue weighted by Gasteiger charge is 2.37. The molecule has 0 N–H and O–H groups in total. The summed E-state index contributed by atoms with van der Waals surface area (Å²) < 4.78 is 14.8. The van der Waals surface area contributed by atoms with Crippen LogP contribution in [0.15, 0.2) is 48.2 Å². The Bertz CT molecular complexity index is 1230. The van der Waals surface area contributed by atoms with E-state index in [1.54, 1.807) is 6.07 Å². The number of fused-ring (bicyclic) bond motifs is 4. The fraction of sp³-hybridized carbons (Fsp3) is 0.414. The van der Waals surface area contributed by atoms with Crippen LogP contribution < -0.4 is 0 Å². The number of aryl methyl sites for hydroxylation is 1. The Labute approximate surface area is 191 Å². The van der Waals surface area contributed by atoms with Crippen LogP contribution in [0.2, 0.25) is 0 Å². The number of allylic oxidation sites excluding steroid dienone is 4. The van der Waals surface area contributed by atoms with Gasteiger partial charge in [-0.3, -0.25) is 0 Å². The van der Waals surface area contributed by atoms with Gasteiger partial charge in [0.2, 0.25) is 0 Å². The molecule has 2 aromatic rings. The number of hydrogen-bond acceptors (Lipinski definition) is 2. The van der Waals surface area contributed by atoms with Crippen LogP contribution >= 0.6 is 0 Å². The maximum Gasteiger partial charge on any atom is 0.128 e. The zero-order chi connectivity index (χ0) is 22.7. The molecule has 2 aliphatic heterocycles. The zero-order valence-corrected chi connectivity index (χ0v) is 19.8. The number of benzene rings is 1. The van der Waals surface area contributed by atoms with Gasteiger partial charge in [0.25, 0.3) is 0 Å². The van der Waals surface area contributed by atoms with Crippen molar-refractivity contribution < 1.29 is 4.39 Å². The molecule has 166 valence electrons. The lowest BCUT2D eigenvalue weighted by molar-refractivity contribution is 0.497. The van der Waals surface area contributed by atoms with Gasteiger partial charge < -0.3 is 4.90 Å². The Kier molecular flexibility index (Phi) is 5.11. The Balaban J connectivity index is 1.79. The second-order valence-corrected chi connectivity index (χ2v) is 9.65. The molecule has 1 aromatic carbocycles. The van der Waals surface area contributed by atoms with E-state index in [-0.39, 0.29) is 5.82 Å². The highest BCUT2D eigenvalue weighted by molar-refractivity contribution is 5.93. The van der Waals surface area contributed by atoms with Crippen LogP contribution in [0.5, 0.6) is 0 Å². The fourth-order valence-electron chi connectivity index (χ4n) is 6.08. The second-order valence-electron chi connectivity index (χ2n) is 9.65. The molecule has 2 atom stereocenters. The molecule has 2 nitrogen and oxygen atoms in total. The lowest BCUT2D eigenvalue weighted by Crippen LogP contribution is -2.22. The molecule has 0 bridgehead atoms. The number of hydrogen-bond donors (Lipinski definition) is 0. The molecule has 3 heteroatoms. The molecule has 2 unspecified atom stereocenters. The van der Waals surface area contributed by atoms with Crippen molar-refractivity contribution in [2.75, 3.05) is 0 Å². The minimum Gasteiger partial charge on any atom is -0.335 e. The van der Waals surface area contributed by atoms with Crippen LogP contribution in [0.3, 0.4) is 0 Å². The van der Waals surface area contributed by atoms with E-state index in [4.69, 9.17) is 4.98 Å². The molecule has 0 saturated heterocycles. The van der Waals surface area contributed by atoms with Gasteiger partial charge in [0, 0.05) is 28.6 Å². The topological polar surface area (TPSA) is 16.1 Å².